The molecule has 0 bridgehead atoms. The topological polar surface area (TPSA) is 36.9 Å². The average Bonchev–Trinajstić information content (AvgIpc) is 2.69. The zero-order valence-corrected chi connectivity index (χ0v) is 18.8. The second-order valence-corrected chi connectivity index (χ2v) is 7.41. The fourth-order valence-corrected chi connectivity index (χ4v) is 4.03. The van der Waals surface area contributed by atoms with Crippen LogP contribution in [0.15, 0.2) is 59.6 Å². The molecule has 0 radical (unpaired) electrons. The molecule has 1 saturated heterocycles. The van der Waals surface area contributed by atoms with Gasteiger partial charge in [0, 0.05) is 44.9 Å². The van der Waals surface area contributed by atoms with Crippen LogP contribution < -0.4 is 10.1 Å². The van der Waals surface area contributed by atoms with Gasteiger partial charge >= 0.3 is 0 Å². The van der Waals surface area contributed by atoms with Gasteiger partial charge in [-0.25, -0.2) is 0 Å². The summed E-state index contributed by atoms with van der Waals surface area (Å²) in [4.78, 5) is 7.35. The lowest BCUT2D eigenvalue weighted by atomic mass is 9.78. The fraction of sp³-hybridized carbons (Fsp3) is 0.435. The molecule has 1 N–H and O–H groups in total. The highest BCUT2D eigenvalue weighted by Gasteiger charge is 2.26. The normalized spacial score (nSPS) is 19.2. The van der Waals surface area contributed by atoms with Crippen LogP contribution in [-0.4, -0.2) is 43.1 Å². The number of nitrogens with zero attached hydrogens (tertiary/aromatic N) is 2. The molecule has 2 aromatic carbocycles. The predicted molar refractivity (Wildman–Crippen MR) is 126 cm³/mol. The van der Waals surface area contributed by atoms with E-state index in [1.54, 1.807) is 0 Å². The zero-order valence-electron chi connectivity index (χ0n) is 16.5. The summed E-state index contributed by atoms with van der Waals surface area (Å²) >= 11 is 0. The molecule has 0 amide bonds. The standard InChI is InChI=1S/C23H29N3O.HI/c1-2-24-23(25-17-19-16-18-8-6-7-11-22(18)19)26-14-12-21(13-15-26)27-20-9-4-3-5-10-20;/h3-11,19,21H,2,12-17H2,1H3,(H,24,25);1H. The van der Waals surface area contributed by atoms with E-state index in [-0.39, 0.29) is 24.0 Å². The van der Waals surface area contributed by atoms with Gasteiger partial charge in [0.2, 0.25) is 0 Å². The highest BCUT2D eigenvalue weighted by molar-refractivity contribution is 14.0. The number of rotatable bonds is 5. The summed E-state index contributed by atoms with van der Waals surface area (Å²) in [5.41, 5.74) is 2.97. The third kappa shape index (κ3) is 4.99. The van der Waals surface area contributed by atoms with Crippen molar-refractivity contribution in [3.8, 4) is 5.75 Å². The molecule has 0 saturated carbocycles. The number of benzene rings is 2. The molecule has 1 aliphatic carbocycles. The van der Waals surface area contributed by atoms with Crippen LogP contribution in [0.25, 0.3) is 0 Å². The van der Waals surface area contributed by atoms with Crippen molar-refractivity contribution in [1.29, 1.82) is 0 Å². The average molecular weight is 491 g/mol. The van der Waals surface area contributed by atoms with E-state index in [1.165, 1.54) is 11.1 Å². The molecular weight excluding hydrogens is 461 g/mol. The Bertz CT molecular complexity index is 772. The van der Waals surface area contributed by atoms with Gasteiger partial charge in [0.15, 0.2) is 5.96 Å². The molecule has 4 nitrogen and oxygen atoms in total. The number of hydrogen-bond donors (Lipinski definition) is 1. The SMILES string of the molecule is CCNC(=NCC1Cc2ccccc21)N1CCC(Oc2ccccc2)CC1.I. The van der Waals surface area contributed by atoms with Crippen LogP contribution in [0.5, 0.6) is 5.75 Å². The van der Waals surface area contributed by atoms with Crippen LogP contribution in [0.1, 0.15) is 36.8 Å². The number of para-hydroxylation sites is 1. The summed E-state index contributed by atoms with van der Waals surface area (Å²) in [6.07, 6.45) is 3.52. The minimum atomic E-state index is 0. The van der Waals surface area contributed by atoms with Crippen LogP contribution in [0.3, 0.4) is 0 Å². The first-order valence-electron chi connectivity index (χ1n) is 10.2. The van der Waals surface area contributed by atoms with Crippen LogP contribution >= 0.6 is 24.0 Å². The number of halogens is 1. The maximum atomic E-state index is 6.12. The van der Waals surface area contributed by atoms with Gasteiger partial charge in [-0.1, -0.05) is 42.5 Å². The van der Waals surface area contributed by atoms with Gasteiger partial charge in [-0.3, -0.25) is 4.99 Å². The number of fused-ring (bicyclic) bond motifs is 1. The zero-order chi connectivity index (χ0) is 18.5. The van der Waals surface area contributed by atoms with E-state index in [4.69, 9.17) is 9.73 Å². The Balaban J connectivity index is 0.00000225. The van der Waals surface area contributed by atoms with Crippen molar-refractivity contribution >= 4 is 29.9 Å². The van der Waals surface area contributed by atoms with E-state index >= 15 is 0 Å². The van der Waals surface area contributed by atoms with Gasteiger partial charge in [-0.05, 0) is 36.6 Å². The number of guanidine groups is 1. The Morgan fingerprint density at radius 3 is 2.50 bits per heavy atom. The summed E-state index contributed by atoms with van der Waals surface area (Å²) in [7, 11) is 0. The first-order chi connectivity index (χ1) is 13.3. The molecule has 4 rings (SSSR count). The Kier molecular flexibility index (Phi) is 7.59. The fourth-order valence-electron chi connectivity index (χ4n) is 4.03. The molecule has 2 aromatic rings. The summed E-state index contributed by atoms with van der Waals surface area (Å²) < 4.78 is 6.12. The highest BCUT2D eigenvalue weighted by Crippen LogP contribution is 2.34. The molecule has 1 unspecified atom stereocenters. The maximum Gasteiger partial charge on any atom is 0.193 e. The Morgan fingerprint density at radius 2 is 1.79 bits per heavy atom. The lowest BCUT2D eigenvalue weighted by molar-refractivity contribution is 0.129. The van der Waals surface area contributed by atoms with Crippen molar-refractivity contribution in [1.82, 2.24) is 10.2 Å². The van der Waals surface area contributed by atoms with E-state index in [9.17, 15) is 0 Å². The lowest BCUT2D eigenvalue weighted by Crippen LogP contribution is -2.47. The van der Waals surface area contributed by atoms with E-state index in [0.717, 1.165) is 57.2 Å². The summed E-state index contributed by atoms with van der Waals surface area (Å²) in [6, 6.07) is 18.9. The summed E-state index contributed by atoms with van der Waals surface area (Å²) in [6.45, 7) is 5.90. The van der Waals surface area contributed by atoms with Gasteiger partial charge in [0.05, 0.1) is 0 Å². The molecule has 1 aliphatic heterocycles. The Hall–Kier alpha value is -1.76. The Labute approximate surface area is 185 Å². The molecule has 1 fully saturated rings. The lowest BCUT2D eigenvalue weighted by Gasteiger charge is -2.35. The van der Waals surface area contributed by atoms with E-state index in [1.807, 2.05) is 30.3 Å². The highest BCUT2D eigenvalue weighted by atomic mass is 127. The monoisotopic (exact) mass is 491 g/mol. The first kappa shape index (κ1) is 21.0. The van der Waals surface area contributed by atoms with E-state index < -0.39 is 0 Å². The third-order valence-electron chi connectivity index (χ3n) is 5.55. The smallest absolute Gasteiger partial charge is 0.193 e. The van der Waals surface area contributed by atoms with E-state index in [0.29, 0.717) is 12.0 Å². The number of aliphatic imine (C=N–C) groups is 1. The van der Waals surface area contributed by atoms with Crippen molar-refractivity contribution in [2.75, 3.05) is 26.2 Å². The number of nitrogens with one attached hydrogen (secondary N) is 1. The van der Waals surface area contributed by atoms with Gasteiger partial charge in [-0.2, -0.15) is 0 Å². The van der Waals surface area contributed by atoms with Crippen LogP contribution in [0, 0.1) is 0 Å². The van der Waals surface area contributed by atoms with Crippen LogP contribution in [0.2, 0.25) is 0 Å². The van der Waals surface area contributed by atoms with Crippen molar-refractivity contribution in [3.05, 3.63) is 65.7 Å². The molecule has 1 atom stereocenters. The van der Waals surface area contributed by atoms with Crippen molar-refractivity contribution in [2.45, 2.75) is 38.2 Å². The molecule has 28 heavy (non-hydrogen) atoms. The van der Waals surface area contributed by atoms with Crippen molar-refractivity contribution in [3.63, 3.8) is 0 Å². The van der Waals surface area contributed by atoms with Gasteiger partial charge < -0.3 is 15.0 Å². The second-order valence-electron chi connectivity index (χ2n) is 7.41. The van der Waals surface area contributed by atoms with Crippen molar-refractivity contribution in [2.24, 2.45) is 4.99 Å². The molecule has 5 heteroatoms. The molecule has 2 aliphatic rings. The minimum absolute atomic E-state index is 0. The number of likely N-dealkylation sites (tertiary alicyclic amines) is 1. The number of piperidine rings is 1. The second kappa shape index (κ2) is 10.1. The van der Waals surface area contributed by atoms with Crippen LogP contribution in [0.4, 0.5) is 0 Å². The molecular formula is C23H30IN3O. The number of hydrogen-bond acceptors (Lipinski definition) is 2. The minimum Gasteiger partial charge on any atom is -0.490 e. The molecule has 1 heterocycles. The Morgan fingerprint density at radius 1 is 1.07 bits per heavy atom. The molecule has 0 aromatic heterocycles. The van der Waals surface area contributed by atoms with Gasteiger partial charge in [0.1, 0.15) is 11.9 Å². The predicted octanol–water partition coefficient (Wildman–Crippen LogP) is 4.45. The molecule has 0 spiro atoms. The largest absolute Gasteiger partial charge is 0.490 e. The van der Waals surface area contributed by atoms with Crippen LogP contribution in [-0.2, 0) is 6.42 Å². The number of ether oxygens (including phenoxy) is 1. The summed E-state index contributed by atoms with van der Waals surface area (Å²) in [5.74, 6) is 2.61. The third-order valence-corrected chi connectivity index (χ3v) is 5.55. The quantitative estimate of drug-likeness (QED) is 0.382. The van der Waals surface area contributed by atoms with E-state index in [2.05, 4.69) is 41.4 Å². The first-order valence-corrected chi connectivity index (χ1v) is 10.2. The van der Waals surface area contributed by atoms with Gasteiger partial charge in [0.25, 0.3) is 0 Å². The summed E-state index contributed by atoms with van der Waals surface area (Å²) in [5, 5.41) is 3.48. The van der Waals surface area contributed by atoms with Gasteiger partial charge in [-0.15, -0.1) is 24.0 Å². The van der Waals surface area contributed by atoms with Crippen molar-refractivity contribution < 1.29 is 4.74 Å². The maximum absolute atomic E-state index is 6.12. The molecule has 150 valence electrons.